The van der Waals surface area contributed by atoms with Gasteiger partial charge in [0.05, 0.1) is 0 Å². The first-order valence-electron chi connectivity index (χ1n) is 4.26. The van der Waals surface area contributed by atoms with Gasteiger partial charge in [0, 0.05) is 0 Å². The molecule has 1 heterocycles. The lowest BCUT2D eigenvalue weighted by Gasteiger charge is -2.09. The molecule has 16 heavy (non-hydrogen) atoms. The van der Waals surface area contributed by atoms with Crippen LogP contribution in [0.25, 0.3) is 5.69 Å². The Morgan fingerprint density at radius 1 is 1.31 bits per heavy atom. The Labute approximate surface area is 88.6 Å². The van der Waals surface area contributed by atoms with Crippen molar-refractivity contribution in [2.45, 2.75) is 6.61 Å². The van der Waals surface area contributed by atoms with Crippen molar-refractivity contribution >= 4 is 5.95 Å². The van der Waals surface area contributed by atoms with Gasteiger partial charge in [-0.25, -0.2) is 0 Å². The molecule has 0 bridgehead atoms. The highest BCUT2D eigenvalue weighted by atomic mass is 19.3. The maximum absolute atomic E-state index is 12.1. The molecule has 0 radical (unpaired) electrons. The Kier molecular flexibility index (Phi) is 2.63. The summed E-state index contributed by atoms with van der Waals surface area (Å²) >= 11 is 0. The Morgan fingerprint density at radius 2 is 2.06 bits per heavy atom. The minimum Gasteiger partial charge on any atom is -0.433 e. The number of nitrogens with zero attached hydrogens (tertiary/aromatic N) is 4. The molecule has 0 fully saturated rings. The molecule has 0 aliphatic heterocycles. The van der Waals surface area contributed by atoms with Crippen molar-refractivity contribution in [3.05, 3.63) is 24.3 Å². The Hall–Kier alpha value is -2.25. The van der Waals surface area contributed by atoms with E-state index in [0.717, 1.165) is 4.68 Å². The average Bonchev–Trinajstić information content (AvgIpc) is 2.64. The molecule has 8 heteroatoms. The number of nitrogen functional groups attached to an aromatic ring is 1. The van der Waals surface area contributed by atoms with E-state index in [0.29, 0.717) is 0 Å². The predicted octanol–water partition coefficient (Wildman–Crippen LogP) is 0.846. The largest absolute Gasteiger partial charge is 0.433 e. The number of hydrogen-bond acceptors (Lipinski definition) is 5. The third-order valence-corrected chi connectivity index (χ3v) is 1.80. The fourth-order valence-electron chi connectivity index (χ4n) is 1.19. The number of para-hydroxylation sites is 2. The van der Waals surface area contributed by atoms with Gasteiger partial charge in [0.15, 0.2) is 5.75 Å². The van der Waals surface area contributed by atoms with Gasteiger partial charge in [-0.2, -0.15) is 13.5 Å². The molecule has 0 spiro atoms. The van der Waals surface area contributed by atoms with Gasteiger partial charge in [0.25, 0.3) is 0 Å². The van der Waals surface area contributed by atoms with Crippen LogP contribution in [0.15, 0.2) is 24.3 Å². The normalized spacial score (nSPS) is 10.7. The summed E-state index contributed by atoms with van der Waals surface area (Å²) in [6, 6.07) is 6.09. The van der Waals surface area contributed by atoms with Crippen LogP contribution in [0.5, 0.6) is 5.75 Å². The van der Waals surface area contributed by atoms with E-state index >= 15 is 0 Å². The van der Waals surface area contributed by atoms with E-state index in [1.807, 2.05) is 0 Å². The molecule has 84 valence electrons. The molecule has 2 rings (SSSR count). The number of benzene rings is 1. The first-order valence-corrected chi connectivity index (χ1v) is 4.26. The molecule has 0 amide bonds. The topological polar surface area (TPSA) is 78.9 Å². The van der Waals surface area contributed by atoms with Crippen LogP contribution in [0, 0.1) is 0 Å². The lowest BCUT2D eigenvalue weighted by Crippen LogP contribution is -2.08. The lowest BCUT2D eigenvalue weighted by molar-refractivity contribution is -0.0499. The van der Waals surface area contributed by atoms with Crippen molar-refractivity contribution in [2.24, 2.45) is 0 Å². The summed E-state index contributed by atoms with van der Waals surface area (Å²) in [7, 11) is 0. The summed E-state index contributed by atoms with van der Waals surface area (Å²) in [5.74, 6) is -0.0539. The van der Waals surface area contributed by atoms with Crippen LogP contribution in [0.3, 0.4) is 0 Å². The molecular weight excluding hydrogens is 220 g/mol. The molecule has 0 unspecified atom stereocenters. The molecule has 0 saturated carbocycles. The molecular formula is C8H7F2N5O. The number of anilines is 1. The number of ether oxygens (including phenoxy) is 1. The van der Waals surface area contributed by atoms with Crippen LogP contribution in [0.4, 0.5) is 14.7 Å². The van der Waals surface area contributed by atoms with E-state index in [1.54, 1.807) is 12.1 Å². The molecule has 6 nitrogen and oxygen atoms in total. The highest BCUT2D eigenvalue weighted by molar-refractivity contribution is 5.48. The van der Waals surface area contributed by atoms with Crippen molar-refractivity contribution in [3.63, 3.8) is 0 Å². The number of rotatable bonds is 3. The highest BCUT2D eigenvalue weighted by Gasteiger charge is 2.13. The maximum Gasteiger partial charge on any atom is 0.387 e. The van der Waals surface area contributed by atoms with E-state index in [4.69, 9.17) is 5.73 Å². The summed E-state index contributed by atoms with van der Waals surface area (Å²) in [4.78, 5) is 0. The smallest absolute Gasteiger partial charge is 0.387 e. The number of halogens is 2. The maximum atomic E-state index is 12.1. The van der Waals surface area contributed by atoms with Crippen LogP contribution < -0.4 is 10.5 Å². The molecule has 0 atom stereocenters. The van der Waals surface area contributed by atoms with Crippen molar-refractivity contribution < 1.29 is 13.5 Å². The summed E-state index contributed by atoms with van der Waals surface area (Å²) in [6.45, 7) is -2.92. The number of tetrazole rings is 1. The average molecular weight is 227 g/mol. The van der Waals surface area contributed by atoms with Gasteiger partial charge in [-0.1, -0.05) is 17.2 Å². The van der Waals surface area contributed by atoms with Crippen molar-refractivity contribution in [1.29, 1.82) is 0 Å². The number of nitrogens with two attached hydrogens (primary N) is 1. The van der Waals surface area contributed by atoms with Gasteiger partial charge in [0.2, 0.25) is 5.95 Å². The number of aromatic nitrogens is 4. The minimum atomic E-state index is -2.92. The molecule has 2 aromatic rings. The summed E-state index contributed by atoms with van der Waals surface area (Å²) < 4.78 is 29.7. The van der Waals surface area contributed by atoms with Crippen molar-refractivity contribution in [3.8, 4) is 11.4 Å². The SMILES string of the molecule is Nc1nnnn1-c1ccccc1OC(F)F. The fourth-order valence-corrected chi connectivity index (χ4v) is 1.19. The van der Waals surface area contributed by atoms with Gasteiger partial charge >= 0.3 is 6.61 Å². The van der Waals surface area contributed by atoms with Crippen LogP contribution in [-0.4, -0.2) is 26.8 Å². The first kappa shape index (κ1) is 10.3. The minimum absolute atomic E-state index is 0.00897. The first-order chi connectivity index (χ1) is 7.68. The zero-order valence-corrected chi connectivity index (χ0v) is 7.92. The van der Waals surface area contributed by atoms with Crippen LogP contribution in [-0.2, 0) is 0 Å². The molecule has 2 N–H and O–H groups in total. The van der Waals surface area contributed by atoms with E-state index in [2.05, 4.69) is 20.3 Å². The predicted molar refractivity (Wildman–Crippen MR) is 50.2 cm³/mol. The zero-order valence-electron chi connectivity index (χ0n) is 7.92. The van der Waals surface area contributed by atoms with Gasteiger partial charge in [-0.05, 0) is 22.6 Å². The fraction of sp³-hybridized carbons (Fsp3) is 0.125. The van der Waals surface area contributed by atoms with Crippen LogP contribution in [0.2, 0.25) is 0 Å². The Balaban J connectivity index is 2.44. The highest BCUT2D eigenvalue weighted by Crippen LogP contribution is 2.24. The molecule has 0 saturated heterocycles. The Bertz CT molecular complexity index is 487. The lowest BCUT2D eigenvalue weighted by atomic mass is 10.3. The molecule has 0 aliphatic rings. The second kappa shape index (κ2) is 4.09. The molecule has 1 aromatic carbocycles. The van der Waals surface area contributed by atoms with E-state index in [-0.39, 0.29) is 17.4 Å². The summed E-state index contributed by atoms with van der Waals surface area (Å²) in [6.07, 6.45) is 0. The van der Waals surface area contributed by atoms with Gasteiger partial charge in [0.1, 0.15) is 5.69 Å². The molecule has 1 aromatic heterocycles. The monoisotopic (exact) mass is 227 g/mol. The quantitative estimate of drug-likeness (QED) is 0.840. The summed E-state index contributed by atoms with van der Waals surface area (Å²) in [5, 5.41) is 10.3. The van der Waals surface area contributed by atoms with Gasteiger partial charge < -0.3 is 10.5 Å². The summed E-state index contributed by atoms with van der Waals surface area (Å²) in [5.41, 5.74) is 5.71. The van der Waals surface area contributed by atoms with Crippen molar-refractivity contribution in [1.82, 2.24) is 20.2 Å². The Morgan fingerprint density at radius 3 is 2.69 bits per heavy atom. The standard InChI is InChI=1S/C8H7F2N5O/c9-7(10)16-6-4-2-1-3-5(6)15-8(11)12-13-14-15/h1-4,7H,(H2,11,12,14). The number of hydrogen-bond donors (Lipinski definition) is 1. The second-order valence-electron chi connectivity index (χ2n) is 2.80. The van der Waals surface area contributed by atoms with Crippen molar-refractivity contribution in [2.75, 3.05) is 5.73 Å². The van der Waals surface area contributed by atoms with E-state index in [1.165, 1.54) is 12.1 Å². The van der Waals surface area contributed by atoms with E-state index < -0.39 is 6.61 Å². The van der Waals surface area contributed by atoms with Crippen LogP contribution >= 0.6 is 0 Å². The van der Waals surface area contributed by atoms with E-state index in [9.17, 15) is 8.78 Å². The third-order valence-electron chi connectivity index (χ3n) is 1.80. The zero-order chi connectivity index (χ0) is 11.5. The van der Waals surface area contributed by atoms with Gasteiger partial charge in [-0.15, -0.1) is 0 Å². The van der Waals surface area contributed by atoms with Crippen LogP contribution in [0.1, 0.15) is 0 Å². The third kappa shape index (κ3) is 1.90. The molecule has 0 aliphatic carbocycles. The number of alkyl halides is 2. The van der Waals surface area contributed by atoms with Gasteiger partial charge in [-0.3, -0.25) is 0 Å². The second-order valence-corrected chi connectivity index (χ2v) is 2.80.